The van der Waals surface area contributed by atoms with Crippen molar-refractivity contribution in [2.24, 2.45) is 0 Å². The average Bonchev–Trinajstić information content (AvgIpc) is 2.99. The van der Waals surface area contributed by atoms with Gasteiger partial charge in [0.1, 0.15) is 11.3 Å². The Labute approximate surface area is 196 Å². The number of carbonyl (C=O) groups excluding carboxylic acids is 1. The Kier molecular flexibility index (Phi) is 6.06. The molecule has 0 bridgehead atoms. The summed E-state index contributed by atoms with van der Waals surface area (Å²) in [5.74, 6) is 0.952. The number of amides is 1. The van der Waals surface area contributed by atoms with E-state index in [1.165, 1.54) is 18.6 Å². The summed E-state index contributed by atoms with van der Waals surface area (Å²) >= 11 is 0. The third kappa shape index (κ3) is 4.53. The molecule has 34 heavy (non-hydrogen) atoms. The zero-order chi connectivity index (χ0) is 23.9. The van der Waals surface area contributed by atoms with E-state index in [0.717, 1.165) is 49.0 Å². The van der Waals surface area contributed by atoms with Gasteiger partial charge in [-0.1, -0.05) is 24.6 Å². The van der Waals surface area contributed by atoms with Crippen LogP contribution in [0.25, 0.3) is 11.2 Å². The fraction of sp³-hybridized carbons (Fsp3) is 0.480. The molecule has 9 heteroatoms. The summed E-state index contributed by atoms with van der Waals surface area (Å²) in [7, 11) is 0. The fourth-order valence-electron chi connectivity index (χ4n) is 4.96. The maximum atomic E-state index is 13.5. The lowest BCUT2D eigenvalue weighted by molar-refractivity contribution is -0.137. The number of pyridine rings is 1. The summed E-state index contributed by atoms with van der Waals surface area (Å²) in [6, 6.07) is 7.28. The van der Waals surface area contributed by atoms with Gasteiger partial charge in [0.15, 0.2) is 5.65 Å². The van der Waals surface area contributed by atoms with Gasteiger partial charge in [0, 0.05) is 51.4 Å². The Morgan fingerprint density at radius 2 is 1.79 bits per heavy atom. The van der Waals surface area contributed by atoms with Crippen molar-refractivity contribution in [1.29, 1.82) is 0 Å². The van der Waals surface area contributed by atoms with E-state index in [4.69, 9.17) is 9.97 Å². The van der Waals surface area contributed by atoms with Crippen LogP contribution in [0.1, 0.15) is 52.3 Å². The number of rotatable bonds is 3. The first-order valence-electron chi connectivity index (χ1n) is 11.8. The average molecular weight is 472 g/mol. The van der Waals surface area contributed by atoms with Crippen molar-refractivity contribution < 1.29 is 18.0 Å². The van der Waals surface area contributed by atoms with Crippen LogP contribution in [0.4, 0.5) is 13.2 Å². The van der Waals surface area contributed by atoms with Crippen LogP contribution < -0.4 is 0 Å². The molecular formula is C25H28F3N5O. The highest BCUT2D eigenvalue weighted by Gasteiger charge is 2.31. The Morgan fingerprint density at radius 1 is 1.00 bits per heavy atom. The van der Waals surface area contributed by atoms with Gasteiger partial charge >= 0.3 is 6.18 Å². The van der Waals surface area contributed by atoms with Crippen molar-refractivity contribution in [2.45, 2.75) is 51.9 Å². The van der Waals surface area contributed by atoms with E-state index < -0.39 is 11.7 Å². The van der Waals surface area contributed by atoms with E-state index in [1.807, 2.05) is 17.9 Å². The molecule has 0 unspecified atom stereocenters. The highest BCUT2D eigenvalue weighted by molar-refractivity contribution is 6.04. The third-order valence-corrected chi connectivity index (χ3v) is 6.74. The van der Waals surface area contributed by atoms with Crippen LogP contribution in [-0.4, -0.2) is 56.4 Å². The molecule has 3 aromatic rings. The number of imidazole rings is 1. The lowest BCUT2D eigenvalue weighted by atomic mass is 10.1. The Bertz CT molecular complexity index is 1210. The monoisotopic (exact) mass is 471 g/mol. The fourth-order valence-corrected chi connectivity index (χ4v) is 4.96. The van der Waals surface area contributed by atoms with E-state index in [1.54, 1.807) is 6.07 Å². The van der Waals surface area contributed by atoms with Crippen molar-refractivity contribution in [3.05, 3.63) is 58.5 Å². The quantitative estimate of drug-likeness (QED) is 0.567. The van der Waals surface area contributed by atoms with Gasteiger partial charge in [0.25, 0.3) is 5.91 Å². The van der Waals surface area contributed by atoms with Crippen LogP contribution in [0.3, 0.4) is 0 Å². The second-order valence-electron chi connectivity index (χ2n) is 9.24. The zero-order valence-electron chi connectivity index (χ0n) is 19.2. The first kappa shape index (κ1) is 22.8. The molecular weight excluding hydrogens is 443 g/mol. The largest absolute Gasteiger partial charge is 0.416 e. The van der Waals surface area contributed by atoms with Crippen molar-refractivity contribution in [1.82, 2.24) is 24.3 Å². The van der Waals surface area contributed by atoms with Crippen LogP contribution in [0, 0.1) is 6.92 Å². The van der Waals surface area contributed by atoms with Crippen LogP contribution in [0.15, 0.2) is 30.3 Å². The number of hydrogen-bond donors (Lipinski definition) is 0. The number of benzene rings is 1. The zero-order valence-corrected chi connectivity index (χ0v) is 19.2. The number of fused-ring (bicyclic) bond motifs is 3. The van der Waals surface area contributed by atoms with Crippen molar-refractivity contribution in [2.75, 3.05) is 26.2 Å². The normalized spacial score (nSPS) is 17.6. The SMILES string of the molecule is Cc1cc(C(=O)N2CCN(Cc3cccc(C(F)(F)F)c3)CC2)c2nc3n(c2n1)CCCCC3. The molecule has 2 aromatic heterocycles. The minimum atomic E-state index is -4.35. The Hall–Kier alpha value is -2.94. The molecule has 2 aliphatic rings. The van der Waals surface area contributed by atoms with Gasteiger partial charge in [-0.2, -0.15) is 13.2 Å². The molecule has 0 aliphatic carbocycles. The van der Waals surface area contributed by atoms with Crippen molar-refractivity contribution in [3.63, 3.8) is 0 Å². The lowest BCUT2D eigenvalue weighted by Gasteiger charge is -2.35. The lowest BCUT2D eigenvalue weighted by Crippen LogP contribution is -2.48. The summed E-state index contributed by atoms with van der Waals surface area (Å²) < 4.78 is 41.2. The molecule has 0 atom stereocenters. The molecule has 0 saturated carbocycles. The predicted molar refractivity (Wildman–Crippen MR) is 122 cm³/mol. The van der Waals surface area contributed by atoms with Crippen molar-refractivity contribution >= 4 is 17.1 Å². The highest BCUT2D eigenvalue weighted by Crippen LogP contribution is 2.30. The number of alkyl halides is 3. The van der Waals surface area contributed by atoms with E-state index >= 15 is 0 Å². The molecule has 1 amide bonds. The summed E-state index contributed by atoms with van der Waals surface area (Å²) in [5.41, 5.74) is 2.86. The highest BCUT2D eigenvalue weighted by atomic mass is 19.4. The second kappa shape index (κ2) is 9.02. The Balaban J connectivity index is 1.30. The van der Waals surface area contributed by atoms with Crippen LogP contribution >= 0.6 is 0 Å². The molecule has 1 saturated heterocycles. The van der Waals surface area contributed by atoms with Gasteiger partial charge in [-0.25, -0.2) is 9.97 Å². The van der Waals surface area contributed by atoms with E-state index in [0.29, 0.717) is 49.4 Å². The van der Waals surface area contributed by atoms with Gasteiger partial charge < -0.3 is 9.47 Å². The van der Waals surface area contributed by atoms with E-state index in [9.17, 15) is 18.0 Å². The van der Waals surface area contributed by atoms with E-state index in [-0.39, 0.29) is 5.91 Å². The number of carbonyl (C=O) groups is 1. The predicted octanol–water partition coefficient (Wildman–Crippen LogP) is 4.44. The van der Waals surface area contributed by atoms with Gasteiger partial charge in [-0.3, -0.25) is 9.69 Å². The summed E-state index contributed by atoms with van der Waals surface area (Å²) in [5, 5.41) is 0. The van der Waals surface area contributed by atoms with Gasteiger partial charge in [-0.15, -0.1) is 0 Å². The third-order valence-electron chi connectivity index (χ3n) is 6.74. The Morgan fingerprint density at radius 3 is 2.56 bits per heavy atom. The summed E-state index contributed by atoms with van der Waals surface area (Å²) in [6.07, 6.45) is -0.0876. The number of aryl methyl sites for hydroxylation is 3. The first-order chi connectivity index (χ1) is 16.3. The number of halogens is 3. The summed E-state index contributed by atoms with van der Waals surface area (Å²) in [4.78, 5) is 26.9. The van der Waals surface area contributed by atoms with Crippen LogP contribution in [0.2, 0.25) is 0 Å². The van der Waals surface area contributed by atoms with Gasteiger partial charge in [-0.05, 0) is 37.5 Å². The van der Waals surface area contributed by atoms with Gasteiger partial charge in [0.05, 0.1) is 11.1 Å². The number of piperazine rings is 1. The maximum absolute atomic E-state index is 13.5. The standard InChI is InChI=1S/C25H28F3N5O/c1-17-14-20(22-23(29-17)33-9-4-2-3-8-21(33)30-22)24(34)32-12-10-31(11-13-32)16-18-6-5-7-19(15-18)25(26,27)28/h5-7,14-15H,2-4,8-13,16H2,1H3. The summed E-state index contributed by atoms with van der Waals surface area (Å²) in [6.45, 7) is 5.47. The van der Waals surface area contributed by atoms with Crippen molar-refractivity contribution in [3.8, 4) is 0 Å². The number of aromatic nitrogens is 3. The van der Waals surface area contributed by atoms with Gasteiger partial charge in [0.2, 0.25) is 0 Å². The van der Waals surface area contributed by atoms with Crippen LogP contribution in [-0.2, 0) is 25.7 Å². The minimum Gasteiger partial charge on any atom is -0.336 e. The smallest absolute Gasteiger partial charge is 0.336 e. The molecule has 0 spiro atoms. The minimum absolute atomic E-state index is 0.0533. The molecule has 5 rings (SSSR count). The van der Waals surface area contributed by atoms with E-state index in [2.05, 4.69) is 9.47 Å². The molecule has 2 aliphatic heterocycles. The number of hydrogen-bond acceptors (Lipinski definition) is 4. The maximum Gasteiger partial charge on any atom is 0.416 e. The first-order valence-corrected chi connectivity index (χ1v) is 11.8. The molecule has 1 aromatic carbocycles. The molecule has 6 nitrogen and oxygen atoms in total. The number of nitrogens with zero attached hydrogens (tertiary/aromatic N) is 5. The molecule has 1 fully saturated rings. The molecule has 180 valence electrons. The van der Waals surface area contributed by atoms with Crippen LogP contribution in [0.5, 0.6) is 0 Å². The topological polar surface area (TPSA) is 54.3 Å². The molecule has 0 N–H and O–H groups in total. The molecule has 0 radical (unpaired) electrons. The molecule has 4 heterocycles. The second-order valence-corrected chi connectivity index (χ2v) is 9.24.